The number of benzene rings is 2. The van der Waals surface area contributed by atoms with Gasteiger partial charge in [-0.3, -0.25) is 9.59 Å². The smallest absolute Gasteiger partial charge is 0.312 e. The standard InChI is InChI=1S/C25H30FN3O3/c1-24(2,3)23(31)32-25(4)21-19(28-13-11-27-12-14-28)9-6-10-20(21)29(22(25)30)16-17-7-5-8-18(26)15-17/h5-10,15,27H,11-14,16H2,1-4H3. The second-order valence-electron chi connectivity index (χ2n) is 9.60. The average molecular weight is 440 g/mol. The molecule has 32 heavy (non-hydrogen) atoms. The SMILES string of the molecule is CC(C)(C)C(=O)OC1(C)C(=O)N(Cc2cccc(F)c2)c2cccc(N3CCNCC3)c21. The molecule has 6 nitrogen and oxygen atoms in total. The molecule has 0 aliphatic carbocycles. The fourth-order valence-electron chi connectivity index (χ4n) is 4.29. The van der Waals surface area contributed by atoms with E-state index in [0.29, 0.717) is 16.8 Å². The number of anilines is 2. The molecule has 2 aromatic rings. The van der Waals surface area contributed by atoms with Crippen molar-refractivity contribution in [2.45, 2.75) is 39.8 Å². The fourth-order valence-corrected chi connectivity index (χ4v) is 4.29. The summed E-state index contributed by atoms with van der Waals surface area (Å²) in [7, 11) is 0. The number of carbonyl (C=O) groups excluding carboxylic acids is 2. The first-order valence-corrected chi connectivity index (χ1v) is 11.0. The van der Waals surface area contributed by atoms with Crippen molar-refractivity contribution in [2.24, 2.45) is 5.41 Å². The minimum absolute atomic E-state index is 0.192. The first-order valence-electron chi connectivity index (χ1n) is 11.0. The molecule has 0 radical (unpaired) electrons. The highest BCUT2D eigenvalue weighted by atomic mass is 19.1. The molecule has 4 rings (SSSR count). The maximum absolute atomic E-state index is 13.8. The van der Waals surface area contributed by atoms with Gasteiger partial charge in [0.1, 0.15) is 5.82 Å². The van der Waals surface area contributed by atoms with Crippen LogP contribution < -0.4 is 15.1 Å². The van der Waals surface area contributed by atoms with Crippen LogP contribution in [0.15, 0.2) is 42.5 Å². The number of amides is 1. The summed E-state index contributed by atoms with van der Waals surface area (Å²) in [4.78, 5) is 30.5. The van der Waals surface area contributed by atoms with Gasteiger partial charge in [-0.05, 0) is 57.5 Å². The molecule has 2 aromatic carbocycles. The van der Waals surface area contributed by atoms with Crippen molar-refractivity contribution in [3.8, 4) is 0 Å². The Labute approximate surface area is 188 Å². The Morgan fingerprint density at radius 3 is 2.44 bits per heavy atom. The zero-order valence-electron chi connectivity index (χ0n) is 19.1. The zero-order chi connectivity index (χ0) is 23.1. The van der Waals surface area contributed by atoms with Crippen molar-refractivity contribution in [3.63, 3.8) is 0 Å². The van der Waals surface area contributed by atoms with Crippen LogP contribution in [0.5, 0.6) is 0 Å². The topological polar surface area (TPSA) is 61.9 Å². The molecule has 1 unspecified atom stereocenters. The van der Waals surface area contributed by atoms with Crippen molar-refractivity contribution in [2.75, 3.05) is 36.0 Å². The lowest BCUT2D eigenvalue weighted by Gasteiger charge is -2.34. The maximum atomic E-state index is 13.8. The predicted octanol–water partition coefficient (Wildman–Crippen LogP) is 3.59. The summed E-state index contributed by atoms with van der Waals surface area (Å²) in [5, 5.41) is 3.34. The number of rotatable bonds is 4. The summed E-state index contributed by atoms with van der Waals surface area (Å²) in [6.45, 7) is 10.4. The Hall–Kier alpha value is -2.93. The third kappa shape index (κ3) is 3.97. The van der Waals surface area contributed by atoms with E-state index in [0.717, 1.165) is 31.9 Å². The van der Waals surface area contributed by atoms with E-state index in [-0.39, 0.29) is 18.3 Å². The van der Waals surface area contributed by atoms with E-state index in [2.05, 4.69) is 10.2 Å². The Morgan fingerprint density at radius 2 is 1.78 bits per heavy atom. The van der Waals surface area contributed by atoms with Gasteiger partial charge in [0.15, 0.2) is 0 Å². The molecule has 1 amide bonds. The highest BCUT2D eigenvalue weighted by Gasteiger charge is 2.53. The van der Waals surface area contributed by atoms with Crippen molar-refractivity contribution in [3.05, 3.63) is 59.4 Å². The lowest BCUT2D eigenvalue weighted by atomic mass is 9.92. The molecular formula is C25H30FN3O3. The highest BCUT2D eigenvalue weighted by molar-refractivity contribution is 6.09. The Balaban J connectivity index is 1.81. The van der Waals surface area contributed by atoms with Gasteiger partial charge in [0.25, 0.3) is 5.91 Å². The van der Waals surface area contributed by atoms with Gasteiger partial charge in [-0.1, -0.05) is 18.2 Å². The Morgan fingerprint density at radius 1 is 1.12 bits per heavy atom. The molecule has 0 spiro atoms. The van der Waals surface area contributed by atoms with Crippen molar-refractivity contribution < 1.29 is 18.7 Å². The van der Waals surface area contributed by atoms with Crippen LogP contribution >= 0.6 is 0 Å². The largest absolute Gasteiger partial charge is 0.444 e. The van der Waals surface area contributed by atoms with Crippen molar-refractivity contribution in [1.82, 2.24) is 5.32 Å². The second kappa shape index (κ2) is 8.20. The third-order valence-electron chi connectivity index (χ3n) is 6.04. The molecule has 170 valence electrons. The van der Waals surface area contributed by atoms with Crippen LogP contribution in [0.1, 0.15) is 38.8 Å². The number of hydrogen-bond acceptors (Lipinski definition) is 5. The summed E-state index contributed by atoms with van der Waals surface area (Å²) in [5.74, 6) is -1.12. The predicted molar refractivity (Wildman–Crippen MR) is 122 cm³/mol. The first-order chi connectivity index (χ1) is 15.1. The van der Waals surface area contributed by atoms with Crippen molar-refractivity contribution in [1.29, 1.82) is 0 Å². The number of fused-ring (bicyclic) bond motifs is 1. The highest BCUT2D eigenvalue weighted by Crippen LogP contribution is 2.49. The molecule has 1 fully saturated rings. The van der Waals surface area contributed by atoms with Crippen LogP contribution in [0, 0.1) is 11.2 Å². The minimum Gasteiger partial charge on any atom is -0.444 e. The van der Waals surface area contributed by atoms with Gasteiger partial charge in [-0.15, -0.1) is 0 Å². The maximum Gasteiger partial charge on any atom is 0.312 e. The minimum atomic E-state index is -1.46. The number of esters is 1. The van der Waals surface area contributed by atoms with E-state index in [9.17, 15) is 14.0 Å². The van der Waals surface area contributed by atoms with Gasteiger partial charge in [-0.25, -0.2) is 4.39 Å². The summed E-state index contributed by atoms with van der Waals surface area (Å²) in [6, 6.07) is 12.0. The van der Waals surface area contributed by atoms with Gasteiger partial charge in [-0.2, -0.15) is 0 Å². The van der Waals surface area contributed by atoms with E-state index in [4.69, 9.17) is 4.74 Å². The third-order valence-corrected chi connectivity index (χ3v) is 6.04. The first kappa shape index (κ1) is 22.3. The molecule has 1 saturated heterocycles. The van der Waals surface area contributed by atoms with Crippen LogP contribution in [0.3, 0.4) is 0 Å². The Kier molecular flexibility index (Phi) is 5.71. The molecule has 1 atom stereocenters. The molecule has 2 aliphatic heterocycles. The Bertz CT molecular complexity index is 1040. The zero-order valence-corrected chi connectivity index (χ0v) is 19.1. The number of hydrogen-bond donors (Lipinski definition) is 1. The lowest BCUT2D eigenvalue weighted by Crippen LogP contribution is -2.46. The number of nitrogens with zero attached hydrogens (tertiary/aromatic N) is 2. The van der Waals surface area contributed by atoms with Gasteiger partial charge < -0.3 is 19.9 Å². The number of ether oxygens (including phenoxy) is 1. The van der Waals surface area contributed by atoms with E-state index in [1.54, 1.807) is 44.7 Å². The number of carbonyl (C=O) groups is 2. The normalized spacial score (nSPS) is 21.0. The number of halogens is 1. The summed E-state index contributed by atoms with van der Waals surface area (Å²) in [5.41, 5.74) is 0.727. The average Bonchev–Trinajstić information content (AvgIpc) is 2.96. The van der Waals surface area contributed by atoms with Crippen LogP contribution in [-0.4, -0.2) is 38.1 Å². The van der Waals surface area contributed by atoms with E-state index >= 15 is 0 Å². The summed E-state index contributed by atoms with van der Waals surface area (Å²) in [6.07, 6.45) is 0. The van der Waals surface area contributed by atoms with Crippen molar-refractivity contribution >= 4 is 23.3 Å². The quantitative estimate of drug-likeness (QED) is 0.738. The molecular weight excluding hydrogens is 409 g/mol. The van der Waals surface area contributed by atoms with Crippen LogP contribution in [0.4, 0.5) is 15.8 Å². The molecule has 2 aliphatic rings. The number of nitrogens with one attached hydrogen (secondary N) is 1. The molecule has 7 heteroatoms. The molecule has 0 saturated carbocycles. The van der Waals surface area contributed by atoms with Crippen LogP contribution in [0.25, 0.3) is 0 Å². The van der Waals surface area contributed by atoms with Gasteiger partial charge in [0.2, 0.25) is 5.60 Å². The second-order valence-corrected chi connectivity index (χ2v) is 9.60. The molecule has 1 N–H and O–H groups in total. The number of piperazine rings is 1. The van der Waals surface area contributed by atoms with E-state index < -0.39 is 17.0 Å². The fraction of sp³-hybridized carbons (Fsp3) is 0.440. The monoisotopic (exact) mass is 439 g/mol. The van der Waals surface area contributed by atoms with Gasteiger partial charge in [0, 0.05) is 31.9 Å². The molecule has 0 aromatic heterocycles. The summed E-state index contributed by atoms with van der Waals surface area (Å²) < 4.78 is 19.8. The van der Waals surface area contributed by atoms with Crippen LogP contribution in [0.2, 0.25) is 0 Å². The lowest BCUT2D eigenvalue weighted by molar-refractivity contribution is -0.173. The molecule has 2 heterocycles. The van der Waals surface area contributed by atoms with E-state index in [1.807, 2.05) is 18.2 Å². The summed E-state index contributed by atoms with van der Waals surface area (Å²) >= 11 is 0. The molecule has 0 bridgehead atoms. The van der Waals surface area contributed by atoms with Gasteiger partial charge in [0.05, 0.1) is 23.2 Å². The van der Waals surface area contributed by atoms with E-state index in [1.165, 1.54) is 12.1 Å². The van der Waals surface area contributed by atoms with Crippen LogP contribution in [-0.2, 0) is 26.5 Å². The van der Waals surface area contributed by atoms with Gasteiger partial charge >= 0.3 is 5.97 Å².